The Balaban J connectivity index is 2.34. The van der Waals surface area contributed by atoms with E-state index in [0.717, 1.165) is 0 Å². The molecule has 0 spiro atoms. The smallest absolute Gasteiger partial charge is 0.159 e. The molecule has 0 radical (unpaired) electrons. The molecular weight excluding hydrogens is 290 g/mol. The molecule has 0 atom stereocenters. The van der Waals surface area contributed by atoms with Crippen LogP contribution in [0.15, 0.2) is 24.5 Å². The van der Waals surface area contributed by atoms with Crippen molar-refractivity contribution in [1.29, 1.82) is 0 Å². The summed E-state index contributed by atoms with van der Waals surface area (Å²) in [7, 11) is 1.59. The topological polar surface area (TPSA) is 85.1 Å². The molecule has 0 fully saturated rings. The molecule has 0 bridgehead atoms. The van der Waals surface area contributed by atoms with Crippen LogP contribution >= 0.6 is 11.6 Å². The van der Waals surface area contributed by atoms with Crippen molar-refractivity contribution in [1.82, 2.24) is 9.97 Å². The Morgan fingerprint density at radius 3 is 2.62 bits per heavy atom. The van der Waals surface area contributed by atoms with E-state index in [1.54, 1.807) is 25.3 Å². The normalized spacial score (nSPS) is 10.5. The molecule has 1 heterocycles. The molecule has 6 nitrogen and oxygen atoms in total. The number of methoxy groups -OCH3 is 1. The molecule has 1 aromatic carbocycles. The lowest BCUT2D eigenvalue weighted by Crippen LogP contribution is -2.14. The van der Waals surface area contributed by atoms with Gasteiger partial charge in [-0.25, -0.2) is 9.97 Å². The summed E-state index contributed by atoms with van der Waals surface area (Å²) in [5.74, 6) is 1.73. The van der Waals surface area contributed by atoms with E-state index in [4.69, 9.17) is 22.1 Å². The van der Waals surface area contributed by atoms with E-state index in [1.165, 1.54) is 6.33 Å². The molecule has 0 aliphatic carbocycles. The molecule has 0 aliphatic heterocycles. The summed E-state index contributed by atoms with van der Waals surface area (Å²) in [6, 6.07) is 5.49. The second kappa shape index (κ2) is 6.49. The Morgan fingerprint density at radius 1 is 1.24 bits per heavy atom. The van der Waals surface area contributed by atoms with Gasteiger partial charge in [0.2, 0.25) is 0 Å². The Bertz CT molecular complexity index is 633. The van der Waals surface area contributed by atoms with Crippen LogP contribution in [0.1, 0.15) is 13.8 Å². The zero-order valence-electron chi connectivity index (χ0n) is 12.1. The Hall–Kier alpha value is -2.21. The van der Waals surface area contributed by atoms with Crippen molar-refractivity contribution >= 4 is 34.6 Å². The van der Waals surface area contributed by atoms with Crippen LogP contribution in [0.25, 0.3) is 0 Å². The molecule has 1 aromatic heterocycles. The number of halogens is 1. The Morgan fingerprint density at radius 2 is 1.95 bits per heavy atom. The summed E-state index contributed by atoms with van der Waals surface area (Å²) in [5.41, 5.74) is 7.21. The highest BCUT2D eigenvalue weighted by Gasteiger charge is 2.11. The number of anilines is 4. The first-order valence-corrected chi connectivity index (χ1v) is 6.86. The summed E-state index contributed by atoms with van der Waals surface area (Å²) in [6.07, 6.45) is 1.44. The first-order chi connectivity index (χ1) is 10.0. The number of ether oxygens (including phenoxy) is 1. The van der Waals surface area contributed by atoms with Gasteiger partial charge in [0.1, 0.15) is 17.8 Å². The zero-order valence-corrected chi connectivity index (χ0v) is 12.9. The average Bonchev–Trinajstić information content (AvgIpc) is 2.43. The summed E-state index contributed by atoms with van der Waals surface area (Å²) in [5, 5.41) is 6.88. The zero-order chi connectivity index (χ0) is 15.4. The monoisotopic (exact) mass is 307 g/mol. The van der Waals surface area contributed by atoms with Crippen molar-refractivity contribution in [2.75, 3.05) is 23.5 Å². The van der Waals surface area contributed by atoms with Crippen molar-refractivity contribution in [3.8, 4) is 5.75 Å². The molecule has 2 aromatic rings. The number of hydrogen-bond acceptors (Lipinski definition) is 6. The van der Waals surface area contributed by atoms with Crippen molar-refractivity contribution in [3.63, 3.8) is 0 Å². The molecule has 2 rings (SSSR count). The molecular formula is C14H18ClN5O. The lowest BCUT2D eigenvalue weighted by molar-refractivity contribution is 0.417. The maximum Gasteiger partial charge on any atom is 0.159 e. The number of rotatable bonds is 5. The van der Waals surface area contributed by atoms with Gasteiger partial charge < -0.3 is 21.1 Å². The molecule has 0 saturated carbocycles. The molecule has 21 heavy (non-hydrogen) atoms. The van der Waals surface area contributed by atoms with Crippen LogP contribution in [0.3, 0.4) is 0 Å². The number of nitrogens with zero attached hydrogens (tertiary/aromatic N) is 2. The quantitative estimate of drug-likeness (QED) is 0.786. The number of nitrogens with two attached hydrogens (primary N) is 1. The first kappa shape index (κ1) is 15.2. The third-order valence-corrected chi connectivity index (χ3v) is 2.96. The van der Waals surface area contributed by atoms with Gasteiger partial charge >= 0.3 is 0 Å². The summed E-state index contributed by atoms with van der Waals surface area (Å²) in [6.45, 7) is 4.02. The van der Waals surface area contributed by atoms with Gasteiger partial charge in [0.25, 0.3) is 0 Å². The van der Waals surface area contributed by atoms with Gasteiger partial charge in [0.15, 0.2) is 11.6 Å². The highest BCUT2D eigenvalue weighted by molar-refractivity contribution is 6.31. The summed E-state index contributed by atoms with van der Waals surface area (Å²) >= 11 is 6.01. The van der Waals surface area contributed by atoms with Crippen LogP contribution in [-0.4, -0.2) is 23.1 Å². The van der Waals surface area contributed by atoms with Crippen LogP contribution in [-0.2, 0) is 0 Å². The van der Waals surface area contributed by atoms with Crippen LogP contribution in [0, 0.1) is 0 Å². The van der Waals surface area contributed by atoms with Crippen molar-refractivity contribution in [2.45, 2.75) is 19.9 Å². The van der Waals surface area contributed by atoms with E-state index in [9.17, 15) is 0 Å². The van der Waals surface area contributed by atoms with Gasteiger partial charge in [-0.15, -0.1) is 0 Å². The second-order valence-electron chi connectivity index (χ2n) is 4.75. The minimum absolute atomic E-state index is 0.218. The van der Waals surface area contributed by atoms with Crippen LogP contribution in [0.5, 0.6) is 5.75 Å². The SMILES string of the molecule is COc1ccc(Cl)cc1Nc1ncnc(NC(C)C)c1N. The van der Waals surface area contributed by atoms with Crippen LogP contribution < -0.4 is 21.1 Å². The van der Waals surface area contributed by atoms with Gasteiger partial charge in [-0.3, -0.25) is 0 Å². The number of hydrogen-bond donors (Lipinski definition) is 3. The minimum Gasteiger partial charge on any atom is -0.495 e. The third kappa shape index (κ3) is 3.66. The number of benzene rings is 1. The first-order valence-electron chi connectivity index (χ1n) is 6.49. The molecule has 0 aliphatic rings. The Labute approximate surface area is 128 Å². The van der Waals surface area contributed by atoms with E-state index in [1.807, 2.05) is 13.8 Å². The fourth-order valence-electron chi connectivity index (χ4n) is 1.79. The van der Waals surface area contributed by atoms with Crippen molar-refractivity contribution in [2.24, 2.45) is 0 Å². The maximum atomic E-state index is 6.09. The molecule has 112 valence electrons. The molecule has 0 unspecified atom stereocenters. The fourth-order valence-corrected chi connectivity index (χ4v) is 1.96. The van der Waals surface area contributed by atoms with Crippen molar-refractivity contribution < 1.29 is 4.74 Å². The lowest BCUT2D eigenvalue weighted by atomic mass is 10.3. The van der Waals surface area contributed by atoms with E-state index in [2.05, 4.69) is 20.6 Å². The number of nitrogen functional groups attached to an aromatic ring is 1. The molecule has 0 amide bonds. The van der Waals surface area contributed by atoms with Crippen molar-refractivity contribution in [3.05, 3.63) is 29.5 Å². The number of aromatic nitrogens is 2. The summed E-state index contributed by atoms with van der Waals surface area (Å²) < 4.78 is 5.29. The summed E-state index contributed by atoms with van der Waals surface area (Å²) in [4.78, 5) is 8.30. The largest absolute Gasteiger partial charge is 0.495 e. The van der Waals surface area contributed by atoms with Gasteiger partial charge in [0, 0.05) is 11.1 Å². The van der Waals surface area contributed by atoms with E-state index in [0.29, 0.717) is 33.8 Å². The molecule has 7 heteroatoms. The predicted octanol–water partition coefficient (Wildman–Crippen LogP) is 3.28. The van der Waals surface area contributed by atoms with E-state index >= 15 is 0 Å². The third-order valence-electron chi connectivity index (χ3n) is 2.72. The van der Waals surface area contributed by atoms with Gasteiger partial charge in [0.05, 0.1) is 12.8 Å². The van der Waals surface area contributed by atoms with Gasteiger partial charge in [-0.05, 0) is 32.0 Å². The minimum atomic E-state index is 0.218. The van der Waals surface area contributed by atoms with Crippen LogP contribution in [0.4, 0.5) is 23.0 Å². The molecule has 0 saturated heterocycles. The van der Waals surface area contributed by atoms with E-state index < -0.39 is 0 Å². The second-order valence-corrected chi connectivity index (χ2v) is 5.19. The predicted molar refractivity (Wildman–Crippen MR) is 86.5 cm³/mol. The lowest BCUT2D eigenvalue weighted by Gasteiger charge is -2.15. The Kier molecular flexibility index (Phi) is 4.70. The highest BCUT2D eigenvalue weighted by atomic mass is 35.5. The van der Waals surface area contributed by atoms with E-state index in [-0.39, 0.29) is 6.04 Å². The van der Waals surface area contributed by atoms with Gasteiger partial charge in [-0.2, -0.15) is 0 Å². The highest BCUT2D eigenvalue weighted by Crippen LogP contribution is 2.33. The average molecular weight is 308 g/mol. The fraction of sp³-hybridized carbons (Fsp3) is 0.286. The standard InChI is InChI=1S/C14H18ClN5O/c1-8(2)19-13-12(16)14(18-7-17-13)20-10-6-9(15)4-5-11(10)21-3/h4-8H,16H2,1-3H3,(H2,17,18,19,20). The maximum absolute atomic E-state index is 6.09. The van der Waals surface area contributed by atoms with Crippen LogP contribution in [0.2, 0.25) is 5.02 Å². The number of nitrogens with one attached hydrogen (secondary N) is 2. The van der Waals surface area contributed by atoms with Gasteiger partial charge in [-0.1, -0.05) is 11.6 Å². The molecule has 4 N–H and O–H groups in total.